The van der Waals surface area contributed by atoms with Gasteiger partial charge in [0.15, 0.2) is 0 Å². The first-order valence-electron chi connectivity index (χ1n) is 6.84. The monoisotopic (exact) mass is 293 g/mol. The highest BCUT2D eigenvalue weighted by Crippen LogP contribution is 2.15. The molecule has 0 unspecified atom stereocenters. The van der Waals surface area contributed by atoms with Gasteiger partial charge in [0, 0.05) is 31.6 Å². The molecule has 1 amide bonds. The third kappa shape index (κ3) is 4.64. The molecule has 1 aromatic heterocycles. The topological polar surface area (TPSA) is 58.6 Å². The molecule has 108 valence electrons. The summed E-state index contributed by atoms with van der Waals surface area (Å²) in [7, 11) is 0. The summed E-state index contributed by atoms with van der Waals surface area (Å²) in [5, 5.41) is 13.5. The number of nitrogens with one attached hydrogen (secondary N) is 1. The Labute approximate surface area is 123 Å². The predicted octanol–water partition coefficient (Wildman–Crippen LogP) is 1.64. The van der Waals surface area contributed by atoms with Crippen LogP contribution in [-0.4, -0.2) is 37.4 Å². The van der Waals surface area contributed by atoms with Gasteiger partial charge in [0.25, 0.3) is 5.91 Å². The minimum absolute atomic E-state index is 0.0389. The molecule has 0 aliphatic carbocycles. The van der Waals surface area contributed by atoms with Gasteiger partial charge < -0.3 is 15.2 Å². The van der Waals surface area contributed by atoms with E-state index in [1.165, 1.54) is 11.3 Å². The molecule has 1 fully saturated rings. The molecule has 5 heteroatoms. The van der Waals surface area contributed by atoms with Gasteiger partial charge in [-0.25, -0.2) is 0 Å². The Kier molecular flexibility index (Phi) is 6.06. The van der Waals surface area contributed by atoms with Crippen molar-refractivity contribution in [1.82, 2.24) is 5.32 Å². The molecule has 0 radical (unpaired) electrons. The Morgan fingerprint density at radius 2 is 2.30 bits per heavy atom. The minimum Gasteiger partial charge on any atom is -0.395 e. The van der Waals surface area contributed by atoms with Gasteiger partial charge in [0.05, 0.1) is 17.0 Å². The van der Waals surface area contributed by atoms with E-state index in [1.54, 1.807) is 6.07 Å². The van der Waals surface area contributed by atoms with E-state index < -0.39 is 0 Å². The fraction of sp³-hybridized carbons (Fsp3) is 0.533. The van der Waals surface area contributed by atoms with E-state index in [2.05, 4.69) is 17.2 Å². The van der Waals surface area contributed by atoms with Crippen molar-refractivity contribution in [3.8, 4) is 11.8 Å². The fourth-order valence-corrected chi connectivity index (χ4v) is 2.77. The van der Waals surface area contributed by atoms with Crippen molar-refractivity contribution in [1.29, 1.82) is 0 Å². The molecular weight excluding hydrogens is 274 g/mol. The molecule has 20 heavy (non-hydrogen) atoms. The summed E-state index contributed by atoms with van der Waals surface area (Å²) in [5.41, 5.74) is 0.662. The van der Waals surface area contributed by atoms with Gasteiger partial charge in [-0.2, -0.15) is 0 Å². The lowest BCUT2D eigenvalue weighted by Crippen LogP contribution is -2.31. The van der Waals surface area contributed by atoms with Crippen LogP contribution in [0.5, 0.6) is 0 Å². The van der Waals surface area contributed by atoms with Gasteiger partial charge in [-0.05, 0) is 24.8 Å². The molecule has 0 aromatic carbocycles. The number of hydrogen-bond donors (Lipinski definition) is 2. The second kappa shape index (κ2) is 8.05. The van der Waals surface area contributed by atoms with E-state index in [0.29, 0.717) is 24.4 Å². The van der Waals surface area contributed by atoms with Gasteiger partial charge in [0.2, 0.25) is 0 Å². The van der Waals surface area contributed by atoms with Crippen molar-refractivity contribution in [2.45, 2.75) is 19.3 Å². The second-order valence-electron chi connectivity index (χ2n) is 4.74. The summed E-state index contributed by atoms with van der Waals surface area (Å²) < 4.78 is 5.30. The number of aliphatic hydroxyl groups is 1. The Balaban J connectivity index is 1.81. The Morgan fingerprint density at radius 3 is 3.05 bits per heavy atom. The van der Waals surface area contributed by atoms with Crippen LogP contribution < -0.4 is 5.32 Å². The molecular formula is C15H19NO3S. The van der Waals surface area contributed by atoms with Crippen LogP contribution in [0.25, 0.3) is 0 Å². The number of carbonyl (C=O) groups is 1. The number of hydrogen-bond acceptors (Lipinski definition) is 4. The number of carbonyl (C=O) groups excluding carboxylic acids is 1. The first-order valence-corrected chi connectivity index (χ1v) is 7.72. The van der Waals surface area contributed by atoms with Crippen LogP contribution in [0.3, 0.4) is 0 Å². The molecule has 2 rings (SSSR count). The summed E-state index contributed by atoms with van der Waals surface area (Å²) in [6.07, 6.45) is 2.49. The zero-order chi connectivity index (χ0) is 14.2. The highest BCUT2D eigenvalue weighted by Gasteiger charge is 2.15. The first kappa shape index (κ1) is 15.0. The van der Waals surface area contributed by atoms with E-state index in [-0.39, 0.29) is 12.5 Å². The summed E-state index contributed by atoms with van der Waals surface area (Å²) in [5.74, 6) is 6.27. The lowest BCUT2D eigenvalue weighted by atomic mass is 10.0. The van der Waals surface area contributed by atoms with E-state index >= 15 is 0 Å². The Hall–Kier alpha value is -1.35. The number of rotatable bonds is 4. The highest BCUT2D eigenvalue weighted by molar-refractivity contribution is 7.10. The van der Waals surface area contributed by atoms with Gasteiger partial charge in [-0.1, -0.05) is 11.8 Å². The first-order chi connectivity index (χ1) is 9.79. The lowest BCUT2D eigenvalue weighted by molar-refractivity contribution is 0.0643. The molecule has 0 saturated carbocycles. The maximum atomic E-state index is 12.0. The van der Waals surface area contributed by atoms with Crippen LogP contribution >= 0.6 is 11.3 Å². The molecule has 4 nitrogen and oxygen atoms in total. The third-order valence-electron chi connectivity index (χ3n) is 3.20. The van der Waals surface area contributed by atoms with Gasteiger partial charge >= 0.3 is 0 Å². The molecule has 1 aliphatic heterocycles. The normalized spacial score (nSPS) is 15.4. The number of thiophene rings is 1. The van der Waals surface area contributed by atoms with Crippen LogP contribution in [-0.2, 0) is 4.74 Å². The highest BCUT2D eigenvalue weighted by atomic mass is 32.1. The zero-order valence-electron chi connectivity index (χ0n) is 11.4. The van der Waals surface area contributed by atoms with E-state index in [0.717, 1.165) is 30.9 Å². The molecule has 0 bridgehead atoms. The Morgan fingerprint density at radius 1 is 1.50 bits per heavy atom. The molecule has 0 atom stereocenters. The quantitative estimate of drug-likeness (QED) is 0.830. The number of aliphatic hydroxyl groups excluding tert-OH is 1. The van der Waals surface area contributed by atoms with Gasteiger partial charge in [-0.15, -0.1) is 11.3 Å². The van der Waals surface area contributed by atoms with Gasteiger partial charge in [0.1, 0.15) is 0 Å². The molecule has 2 N–H and O–H groups in total. The number of amides is 1. The minimum atomic E-state index is -0.0389. The molecule has 1 aliphatic rings. The summed E-state index contributed by atoms with van der Waals surface area (Å²) in [6, 6.07) is 1.80. The van der Waals surface area contributed by atoms with E-state index in [9.17, 15) is 4.79 Å². The fourth-order valence-electron chi connectivity index (χ4n) is 2.02. The van der Waals surface area contributed by atoms with E-state index in [1.807, 2.05) is 5.38 Å². The van der Waals surface area contributed by atoms with Crippen LogP contribution in [0.15, 0.2) is 11.4 Å². The lowest BCUT2D eigenvalue weighted by Gasteiger charge is -2.21. The molecule has 0 spiro atoms. The summed E-state index contributed by atoms with van der Waals surface area (Å²) >= 11 is 1.45. The van der Waals surface area contributed by atoms with Crippen molar-refractivity contribution < 1.29 is 14.6 Å². The van der Waals surface area contributed by atoms with Crippen molar-refractivity contribution in [2.24, 2.45) is 5.92 Å². The van der Waals surface area contributed by atoms with Crippen molar-refractivity contribution in [2.75, 3.05) is 26.4 Å². The van der Waals surface area contributed by atoms with Crippen LogP contribution in [0, 0.1) is 17.8 Å². The molecule has 2 heterocycles. The van der Waals surface area contributed by atoms with Gasteiger partial charge in [-0.3, -0.25) is 4.79 Å². The average molecular weight is 293 g/mol. The number of ether oxygens (including phenoxy) is 1. The molecule has 1 aromatic rings. The predicted molar refractivity (Wildman–Crippen MR) is 78.8 cm³/mol. The smallest absolute Gasteiger partial charge is 0.252 e. The van der Waals surface area contributed by atoms with Crippen LogP contribution in [0.4, 0.5) is 0 Å². The average Bonchev–Trinajstić information content (AvgIpc) is 2.95. The van der Waals surface area contributed by atoms with Crippen LogP contribution in [0.2, 0.25) is 0 Å². The SMILES string of the molecule is O=C(NCC1CCOCC1)c1csc(C#CCCO)c1. The van der Waals surface area contributed by atoms with Crippen LogP contribution in [0.1, 0.15) is 34.5 Å². The maximum absolute atomic E-state index is 12.0. The Bertz CT molecular complexity index is 495. The van der Waals surface area contributed by atoms with Crippen molar-refractivity contribution >= 4 is 17.2 Å². The summed E-state index contributed by atoms with van der Waals surface area (Å²) in [6.45, 7) is 2.37. The summed E-state index contributed by atoms with van der Waals surface area (Å²) in [4.78, 5) is 12.9. The second-order valence-corrected chi connectivity index (χ2v) is 5.65. The maximum Gasteiger partial charge on any atom is 0.252 e. The third-order valence-corrected chi connectivity index (χ3v) is 4.05. The molecule has 1 saturated heterocycles. The van der Waals surface area contributed by atoms with Crippen molar-refractivity contribution in [3.63, 3.8) is 0 Å². The van der Waals surface area contributed by atoms with E-state index in [4.69, 9.17) is 9.84 Å². The standard InChI is InChI=1S/C15H19NO3S/c17-6-2-1-3-14-9-13(11-20-14)15(18)16-10-12-4-7-19-8-5-12/h9,11-12,17H,2,4-8,10H2,(H,16,18). The van der Waals surface area contributed by atoms with Crippen molar-refractivity contribution in [3.05, 3.63) is 21.9 Å². The zero-order valence-corrected chi connectivity index (χ0v) is 12.2. The largest absolute Gasteiger partial charge is 0.395 e.